The van der Waals surface area contributed by atoms with E-state index in [2.05, 4.69) is 20.0 Å². The number of aromatic nitrogens is 3. The fraction of sp³-hybridized carbons (Fsp3) is 0.417. The molecule has 0 radical (unpaired) electrons. The number of piperazine rings is 1. The first-order valence-electron chi connectivity index (χ1n) is 11.2. The Labute approximate surface area is 192 Å². The topological polar surface area (TPSA) is 75.4 Å². The van der Waals surface area contributed by atoms with Crippen molar-refractivity contribution in [2.75, 3.05) is 31.1 Å². The Morgan fingerprint density at radius 3 is 2.56 bits per heavy atom. The Morgan fingerprint density at radius 1 is 1.06 bits per heavy atom. The van der Waals surface area contributed by atoms with E-state index in [0.29, 0.717) is 36.3 Å². The van der Waals surface area contributed by atoms with Crippen LogP contribution in [0.1, 0.15) is 43.1 Å². The summed E-state index contributed by atoms with van der Waals surface area (Å²) in [4.78, 5) is 26.0. The minimum Gasteiger partial charge on any atom is -0.353 e. The second-order valence-electron chi connectivity index (χ2n) is 8.48. The first kappa shape index (κ1) is 20.9. The number of anilines is 1. The maximum Gasteiger partial charge on any atom is 0.230 e. The summed E-state index contributed by atoms with van der Waals surface area (Å²) in [5.74, 6) is 2.75. The Kier molecular flexibility index (Phi) is 6.08. The molecule has 2 fully saturated rings. The highest BCUT2D eigenvalue weighted by atomic mass is 35.5. The summed E-state index contributed by atoms with van der Waals surface area (Å²) in [5.41, 5.74) is 1.73. The molecule has 3 heterocycles. The molecule has 0 N–H and O–H groups in total. The van der Waals surface area contributed by atoms with Crippen LogP contribution in [0.5, 0.6) is 0 Å². The van der Waals surface area contributed by atoms with Crippen molar-refractivity contribution in [2.45, 2.75) is 38.0 Å². The molecule has 2 aliphatic rings. The number of rotatable bonds is 5. The molecular weight excluding hydrogens is 426 g/mol. The number of hydrogen-bond acceptors (Lipinski definition) is 6. The van der Waals surface area contributed by atoms with Crippen LogP contribution in [0.3, 0.4) is 0 Å². The monoisotopic (exact) mass is 451 g/mol. The van der Waals surface area contributed by atoms with Crippen molar-refractivity contribution in [3.8, 4) is 11.4 Å². The van der Waals surface area contributed by atoms with Gasteiger partial charge in [0.15, 0.2) is 0 Å². The number of benzene rings is 1. The lowest BCUT2D eigenvalue weighted by Gasteiger charge is -2.35. The lowest BCUT2D eigenvalue weighted by atomic mass is 10.1. The molecule has 5 rings (SSSR count). The molecule has 1 saturated carbocycles. The van der Waals surface area contributed by atoms with E-state index in [9.17, 15) is 4.79 Å². The van der Waals surface area contributed by atoms with Crippen LogP contribution in [0.25, 0.3) is 11.4 Å². The second kappa shape index (κ2) is 9.28. The molecule has 32 heavy (non-hydrogen) atoms. The third-order valence-electron chi connectivity index (χ3n) is 6.41. The zero-order valence-corrected chi connectivity index (χ0v) is 18.7. The van der Waals surface area contributed by atoms with E-state index in [1.807, 2.05) is 41.3 Å². The van der Waals surface area contributed by atoms with Crippen molar-refractivity contribution in [3.05, 3.63) is 59.1 Å². The molecular formula is C24H26ClN5O2. The van der Waals surface area contributed by atoms with Crippen LogP contribution in [-0.4, -0.2) is 52.1 Å². The van der Waals surface area contributed by atoms with E-state index >= 15 is 0 Å². The Morgan fingerprint density at radius 2 is 1.84 bits per heavy atom. The van der Waals surface area contributed by atoms with Crippen LogP contribution >= 0.6 is 11.6 Å². The fourth-order valence-electron chi connectivity index (χ4n) is 4.50. The lowest BCUT2D eigenvalue weighted by Crippen LogP contribution is -2.49. The number of nitrogens with zero attached hydrogens (tertiary/aromatic N) is 5. The minimum atomic E-state index is 0.108. The van der Waals surface area contributed by atoms with Gasteiger partial charge in [-0.05, 0) is 36.6 Å². The number of amides is 1. The maximum absolute atomic E-state index is 12.7. The van der Waals surface area contributed by atoms with Gasteiger partial charge in [0.05, 0.1) is 6.42 Å². The summed E-state index contributed by atoms with van der Waals surface area (Å²) in [7, 11) is 0. The second-order valence-corrected chi connectivity index (χ2v) is 8.89. The molecule has 0 unspecified atom stereocenters. The maximum atomic E-state index is 12.7. The summed E-state index contributed by atoms with van der Waals surface area (Å²) in [6.45, 7) is 2.83. The van der Waals surface area contributed by atoms with Crippen molar-refractivity contribution in [2.24, 2.45) is 0 Å². The quantitative estimate of drug-likeness (QED) is 0.574. The van der Waals surface area contributed by atoms with Gasteiger partial charge in [0.2, 0.25) is 17.6 Å². The zero-order valence-electron chi connectivity index (χ0n) is 17.9. The predicted molar refractivity (Wildman–Crippen MR) is 123 cm³/mol. The smallest absolute Gasteiger partial charge is 0.230 e. The molecule has 166 valence electrons. The van der Waals surface area contributed by atoms with E-state index < -0.39 is 0 Å². The van der Waals surface area contributed by atoms with E-state index in [4.69, 9.17) is 16.1 Å². The predicted octanol–water partition coefficient (Wildman–Crippen LogP) is 4.33. The van der Waals surface area contributed by atoms with Gasteiger partial charge in [-0.2, -0.15) is 4.98 Å². The highest BCUT2D eigenvalue weighted by molar-refractivity contribution is 6.31. The normalized spacial score (nSPS) is 17.2. The van der Waals surface area contributed by atoms with E-state index in [1.165, 1.54) is 12.8 Å². The molecule has 2 aromatic heterocycles. The van der Waals surface area contributed by atoms with Gasteiger partial charge in [-0.15, -0.1) is 0 Å². The molecule has 1 aliphatic carbocycles. The largest absolute Gasteiger partial charge is 0.353 e. The van der Waals surface area contributed by atoms with Crippen LogP contribution in [0, 0.1) is 0 Å². The summed E-state index contributed by atoms with van der Waals surface area (Å²) in [5, 5.41) is 4.79. The summed E-state index contributed by atoms with van der Waals surface area (Å²) < 4.78 is 5.49. The summed E-state index contributed by atoms with van der Waals surface area (Å²) >= 11 is 6.20. The fourth-order valence-corrected chi connectivity index (χ4v) is 4.70. The van der Waals surface area contributed by atoms with Crippen molar-refractivity contribution in [1.82, 2.24) is 20.0 Å². The van der Waals surface area contributed by atoms with Crippen LogP contribution in [0.4, 0.5) is 5.82 Å². The van der Waals surface area contributed by atoms with E-state index in [-0.39, 0.29) is 5.91 Å². The van der Waals surface area contributed by atoms with Crippen LogP contribution in [-0.2, 0) is 11.2 Å². The standard InChI is InChI=1S/C24H26ClN5O2/c25-20-8-4-3-7-18(20)15-22(31)30-13-11-29(12-14-30)21-10-9-19(16-26-21)23-27-24(32-28-23)17-5-1-2-6-17/h3-4,7-10,16-17H,1-2,5-6,11-15H2. The molecule has 0 bridgehead atoms. The van der Waals surface area contributed by atoms with Gasteiger partial charge in [-0.25, -0.2) is 4.98 Å². The van der Waals surface area contributed by atoms with Gasteiger partial charge >= 0.3 is 0 Å². The Bertz CT molecular complexity index is 1070. The molecule has 1 aromatic carbocycles. The molecule has 0 atom stereocenters. The molecule has 1 amide bonds. The average molecular weight is 452 g/mol. The van der Waals surface area contributed by atoms with Crippen LogP contribution in [0.15, 0.2) is 47.1 Å². The van der Waals surface area contributed by atoms with Gasteiger partial charge in [0.1, 0.15) is 5.82 Å². The third-order valence-corrected chi connectivity index (χ3v) is 6.78. The lowest BCUT2D eigenvalue weighted by molar-refractivity contribution is -0.130. The van der Waals surface area contributed by atoms with Gasteiger partial charge in [-0.3, -0.25) is 4.79 Å². The SMILES string of the molecule is O=C(Cc1ccccc1Cl)N1CCN(c2ccc(-c3noc(C4CCCC4)n3)cn2)CC1. The summed E-state index contributed by atoms with van der Waals surface area (Å²) in [6.07, 6.45) is 6.86. The van der Waals surface area contributed by atoms with E-state index in [1.54, 1.807) is 6.20 Å². The van der Waals surface area contributed by atoms with Crippen molar-refractivity contribution >= 4 is 23.3 Å². The van der Waals surface area contributed by atoms with Gasteiger partial charge < -0.3 is 14.3 Å². The molecule has 1 saturated heterocycles. The molecule has 1 aliphatic heterocycles. The van der Waals surface area contributed by atoms with Crippen molar-refractivity contribution in [3.63, 3.8) is 0 Å². The van der Waals surface area contributed by atoms with Crippen molar-refractivity contribution in [1.29, 1.82) is 0 Å². The number of pyridine rings is 1. The van der Waals surface area contributed by atoms with Crippen LogP contribution < -0.4 is 4.90 Å². The molecule has 0 spiro atoms. The number of hydrogen-bond donors (Lipinski definition) is 0. The van der Waals surface area contributed by atoms with Crippen molar-refractivity contribution < 1.29 is 9.32 Å². The first-order chi connectivity index (χ1) is 15.7. The number of halogens is 1. The van der Waals surface area contributed by atoms with Gasteiger partial charge in [-0.1, -0.05) is 47.8 Å². The minimum absolute atomic E-state index is 0.108. The molecule has 7 nitrogen and oxygen atoms in total. The third kappa shape index (κ3) is 4.48. The molecule has 3 aromatic rings. The van der Waals surface area contributed by atoms with E-state index in [0.717, 1.165) is 48.8 Å². The van der Waals surface area contributed by atoms with Gasteiger partial charge in [0.25, 0.3) is 0 Å². The summed E-state index contributed by atoms with van der Waals surface area (Å²) in [6, 6.07) is 11.5. The molecule has 8 heteroatoms. The van der Waals surface area contributed by atoms with Gasteiger partial charge in [0, 0.05) is 48.9 Å². The first-order valence-corrected chi connectivity index (χ1v) is 11.6. The highest BCUT2D eigenvalue weighted by Crippen LogP contribution is 2.34. The number of carbonyl (C=O) groups is 1. The number of carbonyl (C=O) groups excluding carboxylic acids is 1. The zero-order chi connectivity index (χ0) is 21.9. The Balaban J connectivity index is 1.17. The average Bonchev–Trinajstić information content (AvgIpc) is 3.53. The Hall–Kier alpha value is -2.93. The van der Waals surface area contributed by atoms with Crippen LogP contribution in [0.2, 0.25) is 5.02 Å². The highest BCUT2D eigenvalue weighted by Gasteiger charge is 2.24.